The maximum atomic E-state index is 13.0. The van der Waals surface area contributed by atoms with E-state index in [1.54, 1.807) is 24.3 Å². The van der Waals surface area contributed by atoms with Crippen LogP contribution >= 0.6 is 45.8 Å². The number of aliphatic carboxylic acids is 1. The first-order chi connectivity index (χ1) is 11.2. The molecule has 2 rings (SSSR count). The lowest BCUT2D eigenvalue weighted by Gasteiger charge is -2.24. The predicted octanol–water partition coefficient (Wildman–Crippen LogP) is 4.27. The molecular formula is C15H12Cl2INO4S. The predicted molar refractivity (Wildman–Crippen MR) is 102 cm³/mol. The number of sulfonamides is 1. The van der Waals surface area contributed by atoms with Crippen molar-refractivity contribution in [2.45, 2.75) is 11.3 Å². The number of nitrogens with zero attached hydrogens (tertiary/aromatic N) is 1. The number of benzene rings is 2. The van der Waals surface area contributed by atoms with Gasteiger partial charge in [0.05, 0.1) is 17.1 Å². The van der Waals surface area contributed by atoms with Crippen LogP contribution in [0.15, 0.2) is 47.4 Å². The largest absolute Gasteiger partial charge is 0.481 e. The van der Waals surface area contributed by atoms with Crippen molar-refractivity contribution in [3.05, 3.63) is 56.1 Å². The van der Waals surface area contributed by atoms with E-state index >= 15 is 0 Å². The number of hydrogen-bond acceptors (Lipinski definition) is 3. The first-order valence-electron chi connectivity index (χ1n) is 6.67. The molecule has 2 aromatic carbocycles. The van der Waals surface area contributed by atoms with Gasteiger partial charge >= 0.3 is 5.97 Å². The highest BCUT2D eigenvalue weighted by Gasteiger charge is 2.28. The third kappa shape index (κ3) is 4.53. The molecule has 0 aromatic heterocycles. The number of rotatable bonds is 6. The van der Waals surface area contributed by atoms with Crippen molar-refractivity contribution in [1.82, 2.24) is 0 Å². The molecule has 9 heteroatoms. The summed E-state index contributed by atoms with van der Waals surface area (Å²) in [7, 11) is -4.06. The molecule has 0 aliphatic carbocycles. The summed E-state index contributed by atoms with van der Waals surface area (Å²) in [5, 5.41) is 9.16. The van der Waals surface area contributed by atoms with Gasteiger partial charge in [0.25, 0.3) is 10.0 Å². The van der Waals surface area contributed by atoms with Crippen LogP contribution in [0.4, 0.5) is 5.69 Å². The first kappa shape index (κ1) is 19.3. The van der Waals surface area contributed by atoms with Crippen LogP contribution in [0.25, 0.3) is 0 Å². The molecule has 0 saturated heterocycles. The van der Waals surface area contributed by atoms with E-state index in [1.807, 2.05) is 0 Å². The van der Waals surface area contributed by atoms with Gasteiger partial charge in [-0.1, -0.05) is 23.2 Å². The highest BCUT2D eigenvalue weighted by atomic mass is 127. The van der Waals surface area contributed by atoms with Gasteiger partial charge in [0, 0.05) is 15.1 Å². The maximum Gasteiger partial charge on any atom is 0.305 e. The minimum Gasteiger partial charge on any atom is -0.481 e. The fourth-order valence-corrected chi connectivity index (χ4v) is 4.55. The second kappa shape index (κ2) is 7.90. The average Bonchev–Trinajstić information content (AvgIpc) is 2.51. The molecule has 0 bridgehead atoms. The van der Waals surface area contributed by atoms with E-state index in [-0.39, 0.29) is 27.9 Å². The normalized spacial score (nSPS) is 11.3. The summed E-state index contributed by atoms with van der Waals surface area (Å²) in [6, 6.07) is 10.8. The SMILES string of the molecule is O=C(O)CCN(c1ccc(I)cc1)S(=O)(=O)c1cc(Cl)ccc1Cl. The van der Waals surface area contributed by atoms with Crippen molar-refractivity contribution in [2.75, 3.05) is 10.8 Å². The van der Waals surface area contributed by atoms with Gasteiger partial charge in [-0.25, -0.2) is 8.42 Å². The highest BCUT2D eigenvalue weighted by Crippen LogP contribution is 2.31. The third-order valence-electron chi connectivity index (χ3n) is 3.10. The molecule has 0 heterocycles. The summed E-state index contributed by atoms with van der Waals surface area (Å²) in [6.45, 7) is -0.221. The van der Waals surface area contributed by atoms with Crippen molar-refractivity contribution in [1.29, 1.82) is 0 Å². The fourth-order valence-electron chi connectivity index (χ4n) is 1.99. The molecule has 0 spiro atoms. The van der Waals surface area contributed by atoms with Crippen LogP contribution in [0.1, 0.15) is 6.42 Å². The van der Waals surface area contributed by atoms with Gasteiger partial charge < -0.3 is 5.11 Å². The molecule has 5 nitrogen and oxygen atoms in total. The Labute approximate surface area is 163 Å². The van der Waals surface area contributed by atoms with Crippen LogP contribution in [0.2, 0.25) is 10.0 Å². The Morgan fingerprint density at radius 3 is 2.33 bits per heavy atom. The number of carboxylic acids is 1. The Kier molecular flexibility index (Phi) is 6.35. The summed E-state index contributed by atoms with van der Waals surface area (Å²) in [5.74, 6) is -1.10. The molecule has 2 aromatic rings. The Balaban J connectivity index is 2.54. The Morgan fingerprint density at radius 2 is 1.75 bits per heavy atom. The molecule has 0 amide bonds. The average molecular weight is 500 g/mol. The molecule has 0 aliphatic rings. The summed E-state index contributed by atoms with van der Waals surface area (Å²) >= 11 is 14.0. The van der Waals surface area contributed by atoms with E-state index in [2.05, 4.69) is 22.6 Å². The van der Waals surface area contributed by atoms with Crippen LogP contribution in [-0.2, 0) is 14.8 Å². The molecule has 1 N–H and O–H groups in total. The van der Waals surface area contributed by atoms with Gasteiger partial charge in [0.1, 0.15) is 4.90 Å². The summed E-state index contributed by atoms with van der Waals surface area (Å²) in [6.07, 6.45) is -0.344. The lowest BCUT2D eigenvalue weighted by atomic mass is 10.3. The summed E-state index contributed by atoms with van der Waals surface area (Å²) in [4.78, 5) is 10.7. The molecule has 0 radical (unpaired) electrons. The molecule has 0 unspecified atom stereocenters. The van der Waals surface area contributed by atoms with Crippen molar-refractivity contribution in [2.24, 2.45) is 0 Å². The Bertz CT molecular complexity index is 856. The number of anilines is 1. The minimum absolute atomic E-state index is 0.0187. The van der Waals surface area contributed by atoms with E-state index in [0.29, 0.717) is 5.69 Å². The topological polar surface area (TPSA) is 74.7 Å². The zero-order chi connectivity index (χ0) is 17.9. The van der Waals surface area contributed by atoms with Gasteiger partial charge in [-0.2, -0.15) is 0 Å². The molecule has 128 valence electrons. The Morgan fingerprint density at radius 1 is 1.12 bits per heavy atom. The first-order valence-corrected chi connectivity index (χ1v) is 9.94. The van der Waals surface area contributed by atoms with Gasteiger partial charge in [0.2, 0.25) is 0 Å². The fraction of sp³-hybridized carbons (Fsp3) is 0.133. The van der Waals surface area contributed by atoms with Crippen LogP contribution in [-0.4, -0.2) is 26.0 Å². The summed E-state index contributed by atoms with van der Waals surface area (Å²) in [5.41, 5.74) is 0.354. The van der Waals surface area contributed by atoms with Gasteiger partial charge in [-0.05, 0) is 65.1 Å². The number of carbonyl (C=O) groups is 1. The van der Waals surface area contributed by atoms with E-state index in [1.165, 1.54) is 18.2 Å². The van der Waals surface area contributed by atoms with E-state index < -0.39 is 16.0 Å². The van der Waals surface area contributed by atoms with E-state index in [4.69, 9.17) is 28.3 Å². The molecular weight excluding hydrogens is 488 g/mol. The number of carboxylic acid groups (broad SMARTS) is 1. The van der Waals surface area contributed by atoms with Crippen LogP contribution in [0.3, 0.4) is 0 Å². The zero-order valence-electron chi connectivity index (χ0n) is 12.1. The van der Waals surface area contributed by atoms with Crippen LogP contribution in [0, 0.1) is 3.57 Å². The zero-order valence-corrected chi connectivity index (χ0v) is 16.6. The number of halogens is 3. The highest BCUT2D eigenvalue weighted by molar-refractivity contribution is 14.1. The molecule has 24 heavy (non-hydrogen) atoms. The smallest absolute Gasteiger partial charge is 0.305 e. The van der Waals surface area contributed by atoms with Gasteiger partial charge in [0.15, 0.2) is 0 Å². The minimum atomic E-state index is -4.06. The molecule has 0 saturated carbocycles. The standard InChI is InChI=1S/C15H12Cl2INO4S/c16-10-1-6-13(17)14(9-10)24(22,23)19(8-7-15(20)21)12-4-2-11(18)3-5-12/h1-6,9H,7-8H2,(H,20,21). The lowest BCUT2D eigenvalue weighted by molar-refractivity contribution is -0.136. The lowest BCUT2D eigenvalue weighted by Crippen LogP contribution is -2.33. The van der Waals surface area contributed by atoms with Crippen molar-refractivity contribution in [3.8, 4) is 0 Å². The molecule has 0 fully saturated rings. The Hall–Kier alpha value is -1.03. The summed E-state index contributed by atoms with van der Waals surface area (Å²) < 4.78 is 27.9. The van der Waals surface area contributed by atoms with Gasteiger partial charge in [-0.3, -0.25) is 9.10 Å². The van der Waals surface area contributed by atoms with Crippen molar-refractivity contribution < 1.29 is 18.3 Å². The quantitative estimate of drug-likeness (QED) is 0.602. The molecule has 0 aliphatic heterocycles. The second-order valence-electron chi connectivity index (χ2n) is 4.77. The van der Waals surface area contributed by atoms with E-state index in [9.17, 15) is 13.2 Å². The van der Waals surface area contributed by atoms with E-state index in [0.717, 1.165) is 7.88 Å². The van der Waals surface area contributed by atoms with Crippen molar-refractivity contribution in [3.63, 3.8) is 0 Å². The monoisotopic (exact) mass is 499 g/mol. The van der Waals surface area contributed by atoms with Gasteiger partial charge in [-0.15, -0.1) is 0 Å². The van der Waals surface area contributed by atoms with Crippen LogP contribution in [0.5, 0.6) is 0 Å². The van der Waals surface area contributed by atoms with Crippen LogP contribution < -0.4 is 4.31 Å². The third-order valence-corrected chi connectivity index (χ3v) is 6.37. The van der Waals surface area contributed by atoms with Crippen molar-refractivity contribution >= 4 is 67.5 Å². The maximum absolute atomic E-state index is 13.0. The second-order valence-corrected chi connectivity index (χ2v) is 8.69. The molecule has 0 atom stereocenters. The number of hydrogen-bond donors (Lipinski definition) is 1.